The third kappa shape index (κ3) is 6.64. The molecule has 2 N–H and O–H groups in total. The van der Waals surface area contributed by atoms with Gasteiger partial charge in [0, 0.05) is 17.3 Å². The van der Waals surface area contributed by atoms with Crippen LogP contribution in [0.4, 0.5) is 5.69 Å². The van der Waals surface area contributed by atoms with Crippen LogP contribution in [-0.4, -0.2) is 24.6 Å². The number of carbonyl (C=O) groups is 2. The number of rotatable bonds is 7. The first kappa shape index (κ1) is 18.5. The molecular formula is C18H18ClN3O3. The molecule has 0 aliphatic rings. The molecule has 0 saturated carbocycles. The number of carbonyl (C=O) groups excluding carboxylic acids is 2. The minimum atomic E-state index is -0.444. The van der Waals surface area contributed by atoms with Crippen LogP contribution in [0.5, 0.6) is 0 Å². The van der Waals surface area contributed by atoms with Gasteiger partial charge in [0.25, 0.3) is 11.8 Å². The van der Waals surface area contributed by atoms with Gasteiger partial charge in [0.2, 0.25) is 0 Å². The largest absolute Gasteiger partial charge is 0.386 e. The first-order chi connectivity index (χ1) is 12.0. The van der Waals surface area contributed by atoms with Crippen molar-refractivity contribution in [1.29, 1.82) is 0 Å². The van der Waals surface area contributed by atoms with Crippen LogP contribution in [0.1, 0.15) is 11.1 Å². The number of hydrogen-bond acceptors (Lipinski definition) is 4. The summed E-state index contributed by atoms with van der Waals surface area (Å²) in [6, 6.07) is 14.5. The fourth-order valence-electron chi connectivity index (χ4n) is 1.88. The molecule has 0 bridgehead atoms. The van der Waals surface area contributed by atoms with E-state index in [1.54, 1.807) is 18.2 Å². The topological polar surface area (TPSA) is 79.8 Å². The van der Waals surface area contributed by atoms with E-state index in [4.69, 9.17) is 16.4 Å². The van der Waals surface area contributed by atoms with Gasteiger partial charge >= 0.3 is 0 Å². The summed E-state index contributed by atoms with van der Waals surface area (Å²) in [6.45, 7) is 1.95. The summed E-state index contributed by atoms with van der Waals surface area (Å²) in [5.41, 5.74) is 2.55. The Morgan fingerprint density at radius 3 is 2.60 bits per heavy atom. The summed E-state index contributed by atoms with van der Waals surface area (Å²) in [5.74, 6) is -0.809. The standard InChI is InChI=1S/C18H18ClN3O3/c1-13-6-8-15(9-7-13)22-17(23)11-21-25-12-18(24)20-10-14-4-2-3-5-16(14)19/h2-9,11H,10,12H2,1H3,(H,20,24)(H,22,23)/b21-11-. The Labute approximate surface area is 150 Å². The molecule has 2 amide bonds. The van der Waals surface area contributed by atoms with Gasteiger partial charge in [0.15, 0.2) is 6.61 Å². The summed E-state index contributed by atoms with van der Waals surface area (Å²) >= 11 is 5.99. The Balaban J connectivity index is 1.68. The minimum absolute atomic E-state index is 0.291. The molecule has 0 heterocycles. The van der Waals surface area contributed by atoms with Gasteiger partial charge in [-0.2, -0.15) is 0 Å². The van der Waals surface area contributed by atoms with Crippen molar-refractivity contribution in [2.24, 2.45) is 5.16 Å². The maximum absolute atomic E-state index is 11.6. The molecule has 0 atom stereocenters. The second kappa shape index (κ2) is 9.44. The molecule has 6 nitrogen and oxygen atoms in total. The van der Waals surface area contributed by atoms with Crippen molar-refractivity contribution in [1.82, 2.24) is 5.32 Å². The van der Waals surface area contributed by atoms with E-state index in [-0.39, 0.29) is 12.5 Å². The highest BCUT2D eigenvalue weighted by Gasteiger charge is 2.04. The van der Waals surface area contributed by atoms with Gasteiger partial charge in [-0.25, -0.2) is 0 Å². The van der Waals surface area contributed by atoms with Crippen LogP contribution in [0.15, 0.2) is 53.7 Å². The molecule has 7 heteroatoms. The second-order valence-corrected chi connectivity index (χ2v) is 5.64. The van der Waals surface area contributed by atoms with Crippen LogP contribution in [0.2, 0.25) is 5.02 Å². The molecule has 0 aliphatic carbocycles. The predicted octanol–water partition coefficient (Wildman–Crippen LogP) is 2.91. The lowest BCUT2D eigenvalue weighted by atomic mass is 10.2. The lowest BCUT2D eigenvalue weighted by Gasteiger charge is -2.06. The summed E-state index contributed by atoms with van der Waals surface area (Å²) in [7, 11) is 0. The van der Waals surface area contributed by atoms with Crippen molar-refractivity contribution in [3.8, 4) is 0 Å². The zero-order chi connectivity index (χ0) is 18.1. The number of aryl methyl sites for hydroxylation is 1. The van der Waals surface area contributed by atoms with Gasteiger partial charge in [-0.05, 0) is 30.7 Å². The highest BCUT2D eigenvalue weighted by atomic mass is 35.5. The number of nitrogens with one attached hydrogen (secondary N) is 2. The quantitative estimate of drug-likeness (QED) is 0.589. The average molecular weight is 360 g/mol. The van der Waals surface area contributed by atoms with E-state index in [1.165, 1.54) is 0 Å². The molecule has 130 valence electrons. The van der Waals surface area contributed by atoms with E-state index in [1.807, 2.05) is 37.3 Å². The third-order valence-electron chi connectivity index (χ3n) is 3.19. The van der Waals surface area contributed by atoms with Crippen LogP contribution in [0.25, 0.3) is 0 Å². The number of halogens is 1. The number of nitrogens with zero attached hydrogens (tertiary/aromatic N) is 1. The van der Waals surface area contributed by atoms with Crippen molar-refractivity contribution in [3.05, 3.63) is 64.7 Å². The normalized spacial score (nSPS) is 10.5. The SMILES string of the molecule is Cc1ccc(NC(=O)/C=N\OCC(=O)NCc2ccccc2Cl)cc1. The monoisotopic (exact) mass is 359 g/mol. The van der Waals surface area contributed by atoms with E-state index in [0.29, 0.717) is 17.3 Å². The maximum atomic E-state index is 11.6. The molecule has 0 spiro atoms. The Hall–Kier alpha value is -2.86. The van der Waals surface area contributed by atoms with Crippen molar-refractivity contribution >= 4 is 35.3 Å². The highest BCUT2D eigenvalue weighted by molar-refractivity contribution is 6.31. The Morgan fingerprint density at radius 2 is 1.88 bits per heavy atom. The van der Waals surface area contributed by atoms with Crippen LogP contribution in [-0.2, 0) is 21.0 Å². The van der Waals surface area contributed by atoms with Gasteiger partial charge in [0.1, 0.15) is 6.21 Å². The summed E-state index contributed by atoms with van der Waals surface area (Å²) in [5, 5.41) is 9.33. The van der Waals surface area contributed by atoms with E-state index in [9.17, 15) is 9.59 Å². The Bertz CT molecular complexity index is 760. The highest BCUT2D eigenvalue weighted by Crippen LogP contribution is 2.14. The summed E-state index contributed by atoms with van der Waals surface area (Å²) in [6.07, 6.45) is 0.973. The van der Waals surface area contributed by atoms with Crippen LogP contribution < -0.4 is 10.6 Å². The maximum Gasteiger partial charge on any atom is 0.270 e. The van der Waals surface area contributed by atoms with Gasteiger partial charge in [0.05, 0.1) is 0 Å². The third-order valence-corrected chi connectivity index (χ3v) is 3.56. The zero-order valence-corrected chi connectivity index (χ0v) is 14.4. The number of benzene rings is 2. The molecule has 0 unspecified atom stereocenters. The lowest BCUT2D eigenvalue weighted by molar-refractivity contribution is -0.126. The minimum Gasteiger partial charge on any atom is -0.386 e. The van der Waals surface area contributed by atoms with Crippen LogP contribution in [0.3, 0.4) is 0 Å². The molecule has 0 fully saturated rings. The average Bonchev–Trinajstić information content (AvgIpc) is 2.60. The van der Waals surface area contributed by atoms with Crippen LogP contribution >= 0.6 is 11.6 Å². The molecule has 0 saturated heterocycles. The number of oxime groups is 1. The van der Waals surface area contributed by atoms with Crippen molar-refractivity contribution in [2.45, 2.75) is 13.5 Å². The molecule has 2 aromatic carbocycles. The molecule has 2 rings (SSSR count). The van der Waals surface area contributed by atoms with Gasteiger partial charge in [-0.1, -0.05) is 52.7 Å². The molecule has 0 aromatic heterocycles. The van der Waals surface area contributed by atoms with E-state index >= 15 is 0 Å². The molecular weight excluding hydrogens is 342 g/mol. The van der Waals surface area contributed by atoms with Crippen molar-refractivity contribution in [2.75, 3.05) is 11.9 Å². The number of amides is 2. The molecule has 0 radical (unpaired) electrons. The Morgan fingerprint density at radius 1 is 1.16 bits per heavy atom. The van der Waals surface area contributed by atoms with Crippen molar-refractivity contribution < 1.29 is 14.4 Å². The van der Waals surface area contributed by atoms with Gasteiger partial charge in [-0.15, -0.1) is 0 Å². The zero-order valence-electron chi connectivity index (χ0n) is 13.7. The predicted molar refractivity (Wildman–Crippen MR) is 97.6 cm³/mol. The number of hydrogen-bond donors (Lipinski definition) is 2. The van der Waals surface area contributed by atoms with E-state index < -0.39 is 5.91 Å². The van der Waals surface area contributed by atoms with Gasteiger partial charge in [-0.3, -0.25) is 9.59 Å². The smallest absolute Gasteiger partial charge is 0.270 e. The Kier molecular flexibility index (Phi) is 6.98. The summed E-state index contributed by atoms with van der Waals surface area (Å²) in [4.78, 5) is 28.1. The van der Waals surface area contributed by atoms with E-state index in [2.05, 4.69) is 15.8 Å². The second-order valence-electron chi connectivity index (χ2n) is 5.23. The number of anilines is 1. The first-order valence-corrected chi connectivity index (χ1v) is 7.95. The first-order valence-electron chi connectivity index (χ1n) is 7.57. The molecule has 2 aromatic rings. The van der Waals surface area contributed by atoms with Crippen molar-refractivity contribution in [3.63, 3.8) is 0 Å². The van der Waals surface area contributed by atoms with Gasteiger partial charge < -0.3 is 15.5 Å². The fraction of sp³-hybridized carbons (Fsp3) is 0.167. The fourth-order valence-corrected chi connectivity index (χ4v) is 2.08. The van der Waals surface area contributed by atoms with Crippen LogP contribution in [0, 0.1) is 6.92 Å². The molecule has 25 heavy (non-hydrogen) atoms. The van der Waals surface area contributed by atoms with E-state index in [0.717, 1.165) is 17.3 Å². The summed E-state index contributed by atoms with van der Waals surface area (Å²) < 4.78 is 0. The molecule has 0 aliphatic heterocycles. The lowest BCUT2D eigenvalue weighted by Crippen LogP contribution is -2.26.